The summed E-state index contributed by atoms with van der Waals surface area (Å²) in [5.41, 5.74) is 0.601. The Morgan fingerprint density at radius 2 is 2.16 bits per heavy atom. The van der Waals surface area contributed by atoms with E-state index in [2.05, 4.69) is 22.1 Å². The predicted octanol–water partition coefficient (Wildman–Crippen LogP) is 1.96. The molecule has 0 aliphatic rings. The van der Waals surface area contributed by atoms with Crippen LogP contribution in [-0.2, 0) is 20.9 Å². The van der Waals surface area contributed by atoms with E-state index in [-0.39, 0.29) is 18.4 Å². The zero-order valence-electron chi connectivity index (χ0n) is 11.5. The fourth-order valence-electron chi connectivity index (χ4n) is 1.65. The molecule has 1 heterocycles. The van der Waals surface area contributed by atoms with Gasteiger partial charge in [-0.25, -0.2) is 0 Å². The molecule has 0 unspecified atom stereocenters. The van der Waals surface area contributed by atoms with Crippen molar-refractivity contribution < 1.29 is 14.3 Å². The monoisotopic (exact) mass is 267 g/mol. The maximum atomic E-state index is 11.6. The third kappa shape index (κ3) is 6.03. The highest BCUT2D eigenvalue weighted by Crippen LogP contribution is 2.08. The molecule has 1 N–H and O–H groups in total. The van der Waals surface area contributed by atoms with E-state index < -0.39 is 0 Å². The zero-order valence-corrected chi connectivity index (χ0v) is 11.5. The summed E-state index contributed by atoms with van der Waals surface area (Å²) in [4.78, 5) is 22.7. The summed E-state index contributed by atoms with van der Waals surface area (Å²) >= 11 is 0. The number of rotatable bonds is 8. The van der Waals surface area contributed by atoms with Crippen molar-refractivity contribution in [3.63, 3.8) is 0 Å². The minimum Gasteiger partial charge on any atom is -0.468 e. The molecule has 6 nitrogen and oxygen atoms in total. The van der Waals surface area contributed by atoms with Gasteiger partial charge >= 0.3 is 5.97 Å². The Labute approximate surface area is 113 Å². The molecule has 0 aliphatic heterocycles. The van der Waals surface area contributed by atoms with Crippen LogP contribution in [0.25, 0.3) is 0 Å². The first-order valence-corrected chi connectivity index (χ1v) is 6.54. The summed E-state index contributed by atoms with van der Waals surface area (Å²) in [7, 11) is 1.32. The summed E-state index contributed by atoms with van der Waals surface area (Å²) in [5.74, 6) is -0.394. The van der Waals surface area contributed by atoms with Crippen LogP contribution in [0, 0.1) is 0 Å². The Kier molecular flexibility index (Phi) is 6.63. The maximum absolute atomic E-state index is 11.6. The van der Waals surface area contributed by atoms with E-state index >= 15 is 0 Å². The Hall–Kier alpha value is -1.85. The summed E-state index contributed by atoms with van der Waals surface area (Å²) in [6, 6.07) is 0. The number of aromatic nitrogens is 2. The molecule has 0 aliphatic carbocycles. The lowest BCUT2D eigenvalue weighted by molar-refractivity contribution is -0.141. The van der Waals surface area contributed by atoms with Gasteiger partial charge in [0.2, 0.25) is 5.91 Å². The molecule has 6 heteroatoms. The van der Waals surface area contributed by atoms with Gasteiger partial charge in [-0.3, -0.25) is 14.3 Å². The third-order valence-electron chi connectivity index (χ3n) is 2.69. The standard InChI is InChI=1S/C13H21N3O3/c1-3-4-5-6-7-12(17)15-11-8-14-16(9-11)10-13(18)19-2/h8-9H,3-7,10H2,1-2H3,(H,15,17). The first-order chi connectivity index (χ1) is 9.15. The first-order valence-electron chi connectivity index (χ1n) is 6.54. The normalized spacial score (nSPS) is 10.2. The number of nitrogens with one attached hydrogen (secondary N) is 1. The van der Waals surface area contributed by atoms with Gasteiger partial charge in [0.25, 0.3) is 0 Å². The number of anilines is 1. The summed E-state index contributed by atoms with van der Waals surface area (Å²) in [6.07, 6.45) is 7.93. The lowest BCUT2D eigenvalue weighted by Crippen LogP contribution is -2.12. The minimum atomic E-state index is -0.374. The molecule has 1 rings (SSSR count). The number of nitrogens with zero attached hydrogens (tertiary/aromatic N) is 2. The third-order valence-corrected chi connectivity index (χ3v) is 2.69. The number of amides is 1. The number of carbonyl (C=O) groups is 2. The second kappa shape index (κ2) is 8.29. The number of hydrogen-bond donors (Lipinski definition) is 1. The molecule has 0 saturated carbocycles. The molecule has 0 bridgehead atoms. The fourth-order valence-corrected chi connectivity index (χ4v) is 1.65. The molecule has 0 saturated heterocycles. The van der Waals surface area contributed by atoms with Crippen LogP contribution >= 0.6 is 0 Å². The molecular weight excluding hydrogens is 246 g/mol. The van der Waals surface area contributed by atoms with Crippen LogP contribution in [0.4, 0.5) is 5.69 Å². The second-order valence-corrected chi connectivity index (χ2v) is 4.36. The molecule has 0 aromatic carbocycles. The van der Waals surface area contributed by atoms with Gasteiger partial charge in [0.1, 0.15) is 6.54 Å². The number of esters is 1. The molecule has 1 amide bonds. The molecule has 1 aromatic rings. The number of carbonyl (C=O) groups excluding carboxylic acids is 2. The van der Waals surface area contributed by atoms with Gasteiger partial charge in [-0.05, 0) is 6.42 Å². The summed E-state index contributed by atoms with van der Waals surface area (Å²) < 4.78 is 5.96. The van der Waals surface area contributed by atoms with Crippen molar-refractivity contribution in [3.05, 3.63) is 12.4 Å². The van der Waals surface area contributed by atoms with Crippen LogP contribution in [0.15, 0.2) is 12.4 Å². The smallest absolute Gasteiger partial charge is 0.327 e. The molecule has 106 valence electrons. The number of ether oxygens (including phenoxy) is 1. The fraction of sp³-hybridized carbons (Fsp3) is 0.615. The molecule has 0 radical (unpaired) electrons. The average Bonchev–Trinajstić information content (AvgIpc) is 2.81. The van der Waals surface area contributed by atoms with Gasteiger partial charge in [0.05, 0.1) is 19.0 Å². The lowest BCUT2D eigenvalue weighted by Gasteiger charge is -2.02. The Morgan fingerprint density at radius 1 is 1.37 bits per heavy atom. The van der Waals surface area contributed by atoms with Crippen molar-refractivity contribution in [1.29, 1.82) is 0 Å². The zero-order chi connectivity index (χ0) is 14.1. The molecule has 0 fully saturated rings. The van der Waals surface area contributed by atoms with Crippen LogP contribution in [-0.4, -0.2) is 28.8 Å². The van der Waals surface area contributed by atoms with Gasteiger partial charge < -0.3 is 10.1 Å². The average molecular weight is 267 g/mol. The maximum Gasteiger partial charge on any atom is 0.327 e. The van der Waals surface area contributed by atoms with E-state index in [1.165, 1.54) is 18.0 Å². The Morgan fingerprint density at radius 3 is 2.84 bits per heavy atom. The van der Waals surface area contributed by atoms with E-state index in [9.17, 15) is 9.59 Å². The van der Waals surface area contributed by atoms with Crippen molar-refractivity contribution in [2.75, 3.05) is 12.4 Å². The van der Waals surface area contributed by atoms with E-state index in [4.69, 9.17) is 0 Å². The SMILES string of the molecule is CCCCCCC(=O)Nc1cnn(CC(=O)OC)c1. The van der Waals surface area contributed by atoms with Crippen LogP contribution in [0.2, 0.25) is 0 Å². The Balaban J connectivity index is 2.32. The summed E-state index contributed by atoms with van der Waals surface area (Å²) in [6.45, 7) is 2.18. The Bertz CT molecular complexity index is 415. The first kappa shape index (κ1) is 15.2. The van der Waals surface area contributed by atoms with Crippen LogP contribution in [0.3, 0.4) is 0 Å². The number of unbranched alkanes of at least 4 members (excludes halogenated alkanes) is 3. The van der Waals surface area contributed by atoms with Crippen LogP contribution < -0.4 is 5.32 Å². The van der Waals surface area contributed by atoms with Gasteiger partial charge in [-0.2, -0.15) is 5.10 Å². The predicted molar refractivity (Wildman–Crippen MR) is 71.6 cm³/mol. The van der Waals surface area contributed by atoms with Crippen molar-refractivity contribution in [2.45, 2.75) is 45.6 Å². The topological polar surface area (TPSA) is 73.2 Å². The number of methoxy groups -OCH3 is 1. The molecular formula is C13H21N3O3. The van der Waals surface area contributed by atoms with Crippen molar-refractivity contribution >= 4 is 17.6 Å². The van der Waals surface area contributed by atoms with E-state index in [1.54, 1.807) is 6.20 Å². The van der Waals surface area contributed by atoms with Crippen LogP contribution in [0.1, 0.15) is 39.0 Å². The lowest BCUT2D eigenvalue weighted by atomic mass is 10.1. The molecule has 0 spiro atoms. The molecule has 19 heavy (non-hydrogen) atoms. The van der Waals surface area contributed by atoms with E-state index in [0.717, 1.165) is 25.7 Å². The highest BCUT2D eigenvalue weighted by Gasteiger charge is 2.07. The summed E-state index contributed by atoms with van der Waals surface area (Å²) in [5, 5.41) is 6.72. The molecule has 1 aromatic heterocycles. The van der Waals surface area contributed by atoms with Gasteiger partial charge in [-0.15, -0.1) is 0 Å². The number of hydrogen-bond acceptors (Lipinski definition) is 4. The largest absolute Gasteiger partial charge is 0.468 e. The van der Waals surface area contributed by atoms with Crippen LogP contribution in [0.5, 0.6) is 0 Å². The van der Waals surface area contributed by atoms with Gasteiger partial charge in [0, 0.05) is 12.6 Å². The van der Waals surface area contributed by atoms with Crippen molar-refractivity contribution in [1.82, 2.24) is 9.78 Å². The quantitative estimate of drug-likeness (QED) is 0.577. The van der Waals surface area contributed by atoms with Crippen molar-refractivity contribution in [3.8, 4) is 0 Å². The van der Waals surface area contributed by atoms with Gasteiger partial charge in [-0.1, -0.05) is 26.2 Å². The van der Waals surface area contributed by atoms with E-state index in [1.807, 2.05) is 0 Å². The van der Waals surface area contributed by atoms with Crippen molar-refractivity contribution in [2.24, 2.45) is 0 Å². The highest BCUT2D eigenvalue weighted by molar-refractivity contribution is 5.90. The molecule has 0 atom stereocenters. The minimum absolute atomic E-state index is 0.0197. The highest BCUT2D eigenvalue weighted by atomic mass is 16.5. The second-order valence-electron chi connectivity index (χ2n) is 4.36. The van der Waals surface area contributed by atoms with E-state index in [0.29, 0.717) is 12.1 Å². The van der Waals surface area contributed by atoms with Gasteiger partial charge in [0.15, 0.2) is 0 Å².